The molecule has 2 fully saturated rings. The maximum Gasteiger partial charge on any atom is 0.273 e. The van der Waals surface area contributed by atoms with E-state index in [4.69, 9.17) is 9.47 Å². The molecule has 1 amide bonds. The molecule has 1 saturated heterocycles. The number of hydrogen-bond donors (Lipinski definition) is 1. The molecule has 1 aromatic carbocycles. The summed E-state index contributed by atoms with van der Waals surface area (Å²) in [5.74, 6) is 0.630. The van der Waals surface area contributed by atoms with Crippen molar-refractivity contribution in [3.63, 3.8) is 0 Å². The van der Waals surface area contributed by atoms with Crippen molar-refractivity contribution in [2.45, 2.75) is 25.3 Å². The average molecular weight is 349 g/mol. The highest BCUT2D eigenvalue weighted by molar-refractivity contribution is 5.94. The van der Waals surface area contributed by atoms with Gasteiger partial charge >= 0.3 is 0 Å². The Kier molecular flexibility index (Phi) is 5.50. The third kappa shape index (κ3) is 4.67. The SMILES string of the molecule is COc1cc([N+](=O)[O-])ccc1NC(=O)CN(CC1CCOC1)C1CC1. The van der Waals surface area contributed by atoms with Gasteiger partial charge in [-0.1, -0.05) is 0 Å². The maximum absolute atomic E-state index is 12.4. The minimum atomic E-state index is -0.493. The summed E-state index contributed by atoms with van der Waals surface area (Å²) in [6.07, 6.45) is 3.30. The van der Waals surface area contributed by atoms with E-state index >= 15 is 0 Å². The summed E-state index contributed by atoms with van der Waals surface area (Å²) in [5, 5.41) is 13.6. The van der Waals surface area contributed by atoms with Gasteiger partial charge in [-0.2, -0.15) is 0 Å². The summed E-state index contributed by atoms with van der Waals surface area (Å²) in [7, 11) is 1.42. The lowest BCUT2D eigenvalue weighted by molar-refractivity contribution is -0.384. The van der Waals surface area contributed by atoms with E-state index in [0.29, 0.717) is 24.2 Å². The summed E-state index contributed by atoms with van der Waals surface area (Å²) in [4.78, 5) is 25.0. The molecule has 0 spiro atoms. The first-order valence-corrected chi connectivity index (χ1v) is 8.51. The number of hydrogen-bond acceptors (Lipinski definition) is 6. The molecule has 0 radical (unpaired) electrons. The molecule has 0 bridgehead atoms. The summed E-state index contributed by atoms with van der Waals surface area (Å²) < 4.78 is 10.6. The molecule has 1 heterocycles. The highest BCUT2D eigenvalue weighted by atomic mass is 16.6. The van der Waals surface area contributed by atoms with Gasteiger partial charge in [-0.3, -0.25) is 19.8 Å². The zero-order valence-electron chi connectivity index (χ0n) is 14.3. The third-order valence-electron chi connectivity index (χ3n) is 4.60. The lowest BCUT2D eigenvalue weighted by atomic mass is 10.1. The monoisotopic (exact) mass is 349 g/mol. The molecule has 136 valence electrons. The van der Waals surface area contributed by atoms with E-state index in [9.17, 15) is 14.9 Å². The first-order chi connectivity index (χ1) is 12.1. The van der Waals surface area contributed by atoms with Crippen LogP contribution in [0, 0.1) is 16.0 Å². The van der Waals surface area contributed by atoms with Crippen molar-refractivity contribution in [2.75, 3.05) is 38.7 Å². The van der Waals surface area contributed by atoms with E-state index in [0.717, 1.165) is 39.0 Å². The zero-order valence-corrected chi connectivity index (χ0v) is 14.3. The van der Waals surface area contributed by atoms with Gasteiger partial charge in [-0.05, 0) is 31.2 Å². The molecule has 2 aliphatic rings. The largest absolute Gasteiger partial charge is 0.494 e. The highest BCUT2D eigenvalue weighted by Crippen LogP contribution is 2.31. The molecule has 3 rings (SSSR count). The van der Waals surface area contributed by atoms with Gasteiger partial charge in [0, 0.05) is 25.3 Å². The average Bonchev–Trinajstić information content (AvgIpc) is 3.32. The number of anilines is 1. The Bertz CT molecular complexity index is 641. The molecular weight excluding hydrogens is 326 g/mol. The van der Waals surface area contributed by atoms with Gasteiger partial charge < -0.3 is 14.8 Å². The lowest BCUT2D eigenvalue weighted by Crippen LogP contribution is -2.38. The van der Waals surface area contributed by atoms with E-state index in [1.807, 2.05) is 0 Å². The molecule has 1 unspecified atom stereocenters. The summed E-state index contributed by atoms with van der Waals surface area (Å²) in [6, 6.07) is 4.64. The molecular formula is C17H23N3O5. The molecule has 25 heavy (non-hydrogen) atoms. The van der Waals surface area contributed by atoms with Gasteiger partial charge in [0.05, 0.1) is 36.9 Å². The van der Waals surface area contributed by atoms with Crippen molar-refractivity contribution in [3.8, 4) is 5.75 Å². The standard InChI is InChI=1S/C17H23N3O5/c1-24-16-8-14(20(22)23)4-5-15(16)18-17(21)10-19(13-2-3-13)9-12-6-7-25-11-12/h4-5,8,12-13H,2-3,6-7,9-11H2,1H3,(H,18,21). The van der Waals surface area contributed by atoms with E-state index in [1.54, 1.807) is 0 Å². The fourth-order valence-electron chi connectivity index (χ4n) is 3.11. The smallest absolute Gasteiger partial charge is 0.273 e. The van der Waals surface area contributed by atoms with Crippen molar-refractivity contribution < 1.29 is 19.2 Å². The molecule has 1 aromatic rings. The molecule has 1 atom stereocenters. The minimum absolute atomic E-state index is 0.0734. The Morgan fingerprint density at radius 3 is 2.84 bits per heavy atom. The molecule has 1 N–H and O–H groups in total. The Morgan fingerprint density at radius 1 is 1.44 bits per heavy atom. The number of methoxy groups -OCH3 is 1. The van der Waals surface area contributed by atoms with E-state index in [2.05, 4.69) is 10.2 Å². The number of nitrogens with one attached hydrogen (secondary N) is 1. The fraction of sp³-hybridized carbons (Fsp3) is 0.588. The lowest BCUT2D eigenvalue weighted by Gasteiger charge is -2.24. The number of carbonyl (C=O) groups excluding carboxylic acids is 1. The van der Waals surface area contributed by atoms with Crippen LogP contribution in [0.15, 0.2) is 18.2 Å². The van der Waals surface area contributed by atoms with Crippen LogP contribution in [-0.2, 0) is 9.53 Å². The predicted molar refractivity (Wildman–Crippen MR) is 91.8 cm³/mol. The summed E-state index contributed by atoms with van der Waals surface area (Å²) >= 11 is 0. The van der Waals surface area contributed by atoms with Crippen LogP contribution in [-0.4, -0.2) is 55.2 Å². The van der Waals surface area contributed by atoms with Gasteiger partial charge in [0.2, 0.25) is 5.91 Å². The number of carbonyl (C=O) groups is 1. The van der Waals surface area contributed by atoms with Gasteiger partial charge in [0.1, 0.15) is 5.75 Å². The van der Waals surface area contributed by atoms with Gasteiger partial charge in [0.25, 0.3) is 5.69 Å². The van der Waals surface area contributed by atoms with Gasteiger partial charge in [0.15, 0.2) is 0 Å². The van der Waals surface area contributed by atoms with E-state index < -0.39 is 4.92 Å². The number of rotatable bonds is 8. The van der Waals surface area contributed by atoms with Crippen molar-refractivity contribution in [2.24, 2.45) is 5.92 Å². The summed E-state index contributed by atoms with van der Waals surface area (Å²) in [5.41, 5.74) is 0.369. The number of benzene rings is 1. The first kappa shape index (κ1) is 17.6. The second kappa shape index (κ2) is 7.79. The summed E-state index contributed by atoms with van der Waals surface area (Å²) in [6.45, 7) is 2.74. The maximum atomic E-state index is 12.4. The Labute approximate surface area is 146 Å². The van der Waals surface area contributed by atoms with Crippen LogP contribution >= 0.6 is 0 Å². The van der Waals surface area contributed by atoms with Crippen molar-refractivity contribution in [1.82, 2.24) is 4.90 Å². The van der Waals surface area contributed by atoms with Crippen LogP contribution in [0.3, 0.4) is 0 Å². The quantitative estimate of drug-likeness (QED) is 0.570. The zero-order chi connectivity index (χ0) is 17.8. The van der Waals surface area contributed by atoms with E-state index in [-0.39, 0.29) is 17.3 Å². The topological polar surface area (TPSA) is 93.9 Å². The Morgan fingerprint density at radius 2 is 2.24 bits per heavy atom. The molecule has 8 heteroatoms. The third-order valence-corrected chi connectivity index (χ3v) is 4.60. The van der Waals surface area contributed by atoms with Crippen molar-refractivity contribution >= 4 is 17.3 Å². The molecule has 1 saturated carbocycles. The first-order valence-electron chi connectivity index (χ1n) is 8.51. The Balaban J connectivity index is 1.61. The number of ether oxygens (including phenoxy) is 2. The number of nitro groups is 1. The van der Waals surface area contributed by atoms with Crippen LogP contribution in [0.25, 0.3) is 0 Å². The normalized spacial score (nSPS) is 19.8. The number of nitrogens with zero attached hydrogens (tertiary/aromatic N) is 2. The Hall–Kier alpha value is -2.19. The van der Waals surface area contributed by atoms with Crippen LogP contribution in [0.2, 0.25) is 0 Å². The second-order valence-corrected chi connectivity index (χ2v) is 6.58. The number of nitro benzene ring substituents is 1. The van der Waals surface area contributed by atoms with Crippen molar-refractivity contribution in [3.05, 3.63) is 28.3 Å². The molecule has 1 aliphatic carbocycles. The number of non-ortho nitro benzene ring substituents is 1. The number of amides is 1. The van der Waals surface area contributed by atoms with Crippen LogP contribution < -0.4 is 10.1 Å². The molecule has 8 nitrogen and oxygen atoms in total. The van der Waals surface area contributed by atoms with Crippen LogP contribution in [0.1, 0.15) is 19.3 Å². The van der Waals surface area contributed by atoms with Crippen molar-refractivity contribution in [1.29, 1.82) is 0 Å². The van der Waals surface area contributed by atoms with Gasteiger partial charge in [-0.25, -0.2) is 0 Å². The molecule has 0 aromatic heterocycles. The molecule has 1 aliphatic heterocycles. The fourth-order valence-corrected chi connectivity index (χ4v) is 3.11. The second-order valence-electron chi connectivity index (χ2n) is 6.58. The van der Waals surface area contributed by atoms with E-state index in [1.165, 1.54) is 25.3 Å². The van der Waals surface area contributed by atoms with Crippen LogP contribution in [0.5, 0.6) is 5.75 Å². The predicted octanol–water partition coefficient (Wildman–Crippen LogP) is 2.04. The van der Waals surface area contributed by atoms with Crippen LogP contribution in [0.4, 0.5) is 11.4 Å². The highest BCUT2D eigenvalue weighted by Gasteiger charge is 2.32. The van der Waals surface area contributed by atoms with Gasteiger partial charge in [-0.15, -0.1) is 0 Å². The minimum Gasteiger partial charge on any atom is -0.494 e.